The molecule has 6 nitrogen and oxygen atoms in total. The lowest BCUT2D eigenvalue weighted by Crippen LogP contribution is -2.48. The molecule has 184 valence electrons. The summed E-state index contributed by atoms with van der Waals surface area (Å²) in [5.74, 6) is -0.140. The molecule has 1 aliphatic heterocycles. The Balaban J connectivity index is 1.47. The Morgan fingerprint density at radius 2 is 1.78 bits per heavy atom. The van der Waals surface area contributed by atoms with Gasteiger partial charge in [-0.1, -0.05) is 67.6 Å². The third kappa shape index (κ3) is 6.38. The van der Waals surface area contributed by atoms with Gasteiger partial charge in [-0.15, -0.1) is 0 Å². The average molecular weight is 482 g/mol. The number of hydrogen-bond donors (Lipinski definition) is 1. The number of piperidine rings is 1. The van der Waals surface area contributed by atoms with Crippen molar-refractivity contribution in [2.24, 2.45) is 5.92 Å². The fraction of sp³-hybridized carbons (Fsp3) is 0.300. The first-order chi connectivity index (χ1) is 17.6. The Morgan fingerprint density at radius 1 is 1.06 bits per heavy atom. The van der Waals surface area contributed by atoms with E-state index in [9.17, 15) is 9.59 Å². The van der Waals surface area contributed by atoms with Crippen molar-refractivity contribution in [2.45, 2.75) is 31.9 Å². The maximum Gasteiger partial charge on any atom is 0.333 e. The molecular weight excluding hydrogens is 450 g/mol. The molecule has 1 heterocycles. The monoisotopic (exact) mass is 481 g/mol. The highest BCUT2D eigenvalue weighted by Gasteiger charge is 2.34. The summed E-state index contributed by atoms with van der Waals surface area (Å²) in [5.41, 5.74) is 2.66. The summed E-state index contributed by atoms with van der Waals surface area (Å²) in [5, 5.41) is 12.5. The number of ether oxygens (including phenoxy) is 1. The van der Waals surface area contributed by atoms with Crippen molar-refractivity contribution in [1.82, 2.24) is 4.90 Å². The summed E-state index contributed by atoms with van der Waals surface area (Å²) in [6.45, 7) is 3.60. The minimum Gasteiger partial charge on any atom is -0.459 e. The largest absolute Gasteiger partial charge is 0.459 e. The highest BCUT2D eigenvalue weighted by atomic mass is 16.5. The molecule has 1 N–H and O–H groups in total. The maximum absolute atomic E-state index is 13.5. The van der Waals surface area contributed by atoms with Gasteiger partial charge in [0.05, 0.1) is 18.2 Å². The topological polar surface area (TPSA) is 82.4 Å². The molecule has 0 aromatic heterocycles. The number of benzene rings is 3. The van der Waals surface area contributed by atoms with Crippen LogP contribution in [0.4, 0.5) is 5.69 Å². The first-order valence-corrected chi connectivity index (χ1v) is 12.4. The van der Waals surface area contributed by atoms with E-state index in [-0.39, 0.29) is 30.3 Å². The zero-order chi connectivity index (χ0) is 25.3. The third-order valence-electron chi connectivity index (χ3n) is 6.71. The van der Waals surface area contributed by atoms with Gasteiger partial charge in [0, 0.05) is 17.8 Å². The van der Waals surface area contributed by atoms with Gasteiger partial charge in [0.25, 0.3) is 0 Å². The van der Waals surface area contributed by atoms with Crippen molar-refractivity contribution in [3.05, 3.63) is 102 Å². The van der Waals surface area contributed by atoms with Crippen molar-refractivity contribution in [3.8, 4) is 6.07 Å². The van der Waals surface area contributed by atoms with E-state index in [1.807, 2.05) is 65.6 Å². The van der Waals surface area contributed by atoms with Crippen LogP contribution in [0.15, 0.2) is 84.9 Å². The van der Waals surface area contributed by atoms with Crippen molar-refractivity contribution in [1.29, 1.82) is 5.26 Å². The molecule has 0 spiro atoms. The summed E-state index contributed by atoms with van der Waals surface area (Å²) >= 11 is 0. The van der Waals surface area contributed by atoms with Gasteiger partial charge in [0.2, 0.25) is 0 Å². The minimum atomic E-state index is -0.642. The van der Waals surface area contributed by atoms with E-state index in [1.165, 1.54) is 0 Å². The van der Waals surface area contributed by atoms with E-state index in [0.717, 1.165) is 30.6 Å². The van der Waals surface area contributed by atoms with Crippen molar-refractivity contribution in [3.63, 3.8) is 0 Å². The van der Waals surface area contributed by atoms with Crippen LogP contribution in [0.1, 0.15) is 47.3 Å². The highest BCUT2D eigenvalue weighted by Crippen LogP contribution is 2.27. The molecule has 0 amide bonds. The van der Waals surface area contributed by atoms with Gasteiger partial charge >= 0.3 is 5.97 Å². The van der Waals surface area contributed by atoms with Gasteiger partial charge in [0.15, 0.2) is 11.8 Å². The number of ketones is 1. The van der Waals surface area contributed by atoms with E-state index < -0.39 is 6.04 Å². The lowest BCUT2D eigenvalue weighted by atomic mass is 9.91. The average Bonchev–Trinajstić information content (AvgIpc) is 2.93. The van der Waals surface area contributed by atoms with Gasteiger partial charge in [-0.05, 0) is 55.1 Å². The molecule has 0 aliphatic carbocycles. The van der Waals surface area contributed by atoms with Crippen LogP contribution in [-0.4, -0.2) is 42.4 Å². The smallest absolute Gasteiger partial charge is 0.333 e. The van der Waals surface area contributed by atoms with Gasteiger partial charge in [0.1, 0.15) is 6.10 Å². The molecule has 4 rings (SSSR count). The number of carbonyl (C=O) groups excluding carboxylic acids is 2. The van der Waals surface area contributed by atoms with Crippen LogP contribution in [0, 0.1) is 17.2 Å². The van der Waals surface area contributed by atoms with Crippen molar-refractivity contribution in [2.75, 3.05) is 25.0 Å². The molecule has 0 radical (unpaired) electrons. The molecule has 3 aromatic rings. The first kappa shape index (κ1) is 25.2. The second-order valence-electron chi connectivity index (χ2n) is 9.14. The predicted molar refractivity (Wildman–Crippen MR) is 139 cm³/mol. The number of carbonyl (C=O) groups is 2. The minimum absolute atomic E-state index is 0.0416. The van der Waals surface area contributed by atoms with Crippen LogP contribution < -0.4 is 5.32 Å². The molecule has 1 aliphatic rings. The van der Waals surface area contributed by atoms with Crippen molar-refractivity contribution < 1.29 is 14.3 Å². The van der Waals surface area contributed by atoms with Crippen LogP contribution in [0.25, 0.3) is 0 Å². The van der Waals surface area contributed by atoms with Gasteiger partial charge in [-0.2, -0.15) is 5.26 Å². The number of Topliss-reactive ketones (excluding diaryl/α,β-unsaturated/α-hetero) is 1. The standard InChI is InChI=1S/C30H31N3O3/c1-2-23-16-17-33(20-27(34)25-13-9-10-22(18-25)19-31)21-28(23)36-30(35)29(24-11-5-3-6-12-24)32-26-14-7-4-8-15-26/h3-15,18,23,28-29,32H,2,16-17,20-21H2,1H3/t23?,28-,29+/m0/s1. The van der Waals surface area contributed by atoms with E-state index in [4.69, 9.17) is 10.00 Å². The van der Waals surface area contributed by atoms with Crippen LogP contribution in [0.3, 0.4) is 0 Å². The van der Waals surface area contributed by atoms with Gasteiger partial charge in [-0.25, -0.2) is 4.79 Å². The summed E-state index contributed by atoms with van der Waals surface area (Å²) in [4.78, 5) is 28.4. The number of nitriles is 1. The van der Waals surface area contributed by atoms with E-state index in [2.05, 4.69) is 18.3 Å². The molecule has 0 bridgehead atoms. The molecule has 3 aromatic carbocycles. The quantitative estimate of drug-likeness (QED) is 0.333. The fourth-order valence-corrected chi connectivity index (χ4v) is 4.67. The van der Waals surface area contributed by atoms with Crippen LogP contribution in [-0.2, 0) is 9.53 Å². The lowest BCUT2D eigenvalue weighted by molar-refractivity contribution is -0.156. The Hall–Kier alpha value is -3.95. The van der Waals surface area contributed by atoms with E-state index in [1.54, 1.807) is 24.3 Å². The molecule has 0 saturated carbocycles. The number of anilines is 1. The molecule has 1 saturated heterocycles. The Morgan fingerprint density at radius 3 is 2.47 bits per heavy atom. The zero-order valence-electron chi connectivity index (χ0n) is 20.5. The number of rotatable bonds is 9. The van der Waals surface area contributed by atoms with Crippen LogP contribution in [0.2, 0.25) is 0 Å². The molecule has 1 fully saturated rings. The first-order valence-electron chi connectivity index (χ1n) is 12.4. The Kier molecular flexibility index (Phi) is 8.48. The SMILES string of the molecule is CCC1CCN(CC(=O)c2cccc(C#N)c2)C[C@@H]1OC(=O)[C@H](Nc1ccccc1)c1ccccc1. The number of esters is 1. The Bertz CT molecular complexity index is 1210. The number of likely N-dealkylation sites (tertiary alicyclic amines) is 1. The lowest BCUT2D eigenvalue weighted by Gasteiger charge is -2.38. The van der Waals surface area contributed by atoms with Gasteiger partial charge < -0.3 is 10.1 Å². The normalized spacial score (nSPS) is 18.6. The second-order valence-corrected chi connectivity index (χ2v) is 9.14. The molecule has 3 atom stereocenters. The molecule has 1 unspecified atom stereocenters. The Labute approximate surface area is 212 Å². The number of hydrogen-bond acceptors (Lipinski definition) is 6. The third-order valence-corrected chi connectivity index (χ3v) is 6.71. The van der Waals surface area contributed by atoms with E-state index in [0.29, 0.717) is 17.7 Å². The number of nitrogens with one attached hydrogen (secondary N) is 1. The number of para-hydroxylation sites is 1. The van der Waals surface area contributed by atoms with Crippen LogP contribution >= 0.6 is 0 Å². The fourth-order valence-electron chi connectivity index (χ4n) is 4.67. The van der Waals surface area contributed by atoms with E-state index >= 15 is 0 Å². The molecule has 36 heavy (non-hydrogen) atoms. The summed E-state index contributed by atoms with van der Waals surface area (Å²) in [6, 6.07) is 27.4. The van der Waals surface area contributed by atoms with Crippen LogP contribution in [0.5, 0.6) is 0 Å². The zero-order valence-corrected chi connectivity index (χ0v) is 20.5. The van der Waals surface area contributed by atoms with Gasteiger partial charge in [-0.3, -0.25) is 9.69 Å². The summed E-state index contributed by atoms with van der Waals surface area (Å²) in [6.07, 6.45) is 1.44. The van der Waals surface area contributed by atoms with Crippen molar-refractivity contribution >= 4 is 17.4 Å². The highest BCUT2D eigenvalue weighted by molar-refractivity contribution is 5.97. The summed E-state index contributed by atoms with van der Waals surface area (Å²) in [7, 11) is 0. The molecular formula is C30H31N3O3. The second kappa shape index (κ2) is 12.1. The predicted octanol–water partition coefficient (Wildman–Crippen LogP) is 5.24. The maximum atomic E-state index is 13.5. The number of nitrogens with zero attached hydrogens (tertiary/aromatic N) is 2. The molecule has 6 heteroatoms. The summed E-state index contributed by atoms with van der Waals surface area (Å²) < 4.78 is 6.14.